The third kappa shape index (κ3) is 4.47. The van der Waals surface area contributed by atoms with Gasteiger partial charge in [-0.25, -0.2) is 10.1 Å². The van der Waals surface area contributed by atoms with Crippen LogP contribution in [0.3, 0.4) is 0 Å². The van der Waals surface area contributed by atoms with Crippen LogP contribution >= 0.6 is 11.6 Å². The smallest absolute Gasteiger partial charge is 0.267 e. The molecule has 1 aromatic heterocycles. The number of aryl methyl sites for hydroxylation is 1. The molecule has 0 saturated heterocycles. The number of benzene rings is 3. The highest BCUT2D eigenvalue weighted by atomic mass is 35.5. The summed E-state index contributed by atoms with van der Waals surface area (Å²) in [6.07, 6.45) is 3.50. The summed E-state index contributed by atoms with van der Waals surface area (Å²) in [5.41, 5.74) is 7.69. The van der Waals surface area contributed by atoms with E-state index in [4.69, 9.17) is 16.7 Å². The number of hydrazone groups is 1. The predicted octanol–water partition coefficient (Wildman–Crippen LogP) is 5.27. The minimum atomic E-state index is -0.310. The van der Waals surface area contributed by atoms with Crippen LogP contribution in [0.2, 0.25) is 5.02 Å². The Bertz CT molecular complexity index is 1180. The number of hydrogen-bond acceptors (Lipinski definition) is 3. The number of nitrogens with zero attached hydrogens (tertiary/aromatic N) is 3. The van der Waals surface area contributed by atoms with Crippen molar-refractivity contribution in [3.63, 3.8) is 0 Å². The van der Waals surface area contributed by atoms with Gasteiger partial charge in [-0.05, 0) is 43.3 Å². The lowest BCUT2D eigenvalue weighted by Crippen LogP contribution is -2.17. The lowest BCUT2D eigenvalue weighted by molar-refractivity contribution is 0.0955. The molecule has 0 spiro atoms. The van der Waals surface area contributed by atoms with Crippen LogP contribution in [-0.2, 0) is 0 Å². The molecule has 4 aromatic rings. The summed E-state index contributed by atoms with van der Waals surface area (Å²) in [7, 11) is 0. The number of hydrogen-bond donors (Lipinski definition) is 1. The highest BCUT2D eigenvalue weighted by molar-refractivity contribution is 6.30. The van der Waals surface area contributed by atoms with Crippen LogP contribution in [-0.4, -0.2) is 21.9 Å². The summed E-state index contributed by atoms with van der Waals surface area (Å²) in [6, 6.07) is 24.6. The third-order valence-corrected chi connectivity index (χ3v) is 4.82. The number of carbonyl (C=O) groups is 1. The van der Waals surface area contributed by atoms with E-state index in [1.165, 1.54) is 5.56 Å². The number of aromatic nitrogens is 2. The van der Waals surface area contributed by atoms with E-state index in [1.54, 1.807) is 35.2 Å². The molecule has 0 saturated carbocycles. The molecular weight excluding hydrogens is 396 g/mol. The second-order valence-electron chi connectivity index (χ2n) is 6.79. The zero-order chi connectivity index (χ0) is 20.9. The highest BCUT2D eigenvalue weighted by Gasteiger charge is 2.11. The quantitative estimate of drug-likeness (QED) is 0.357. The van der Waals surface area contributed by atoms with Gasteiger partial charge in [0.1, 0.15) is 5.69 Å². The fraction of sp³-hybridized carbons (Fsp3) is 0.0417. The summed E-state index contributed by atoms with van der Waals surface area (Å²) >= 11 is 5.87. The maximum atomic E-state index is 12.3. The van der Waals surface area contributed by atoms with E-state index in [2.05, 4.69) is 10.5 Å². The molecule has 6 heteroatoms. The van der Waals surface area contributed by atoms with Crippen molar-refractivity contribution >= 4 is 23.7 Å². The Morgan fingerprint density at radius 3 is 2.40 bits per heavy atom. The Morgan fingerprint density at radius 1 is 1.00 bits per heavy atom. The van der Waals surface area contributed by atoms with Gasteiger partial charge in [-0.15, -0.1) is 0 Å². The van der Waals surface area contributed by atoms with Gasteiger partial charge in [0.2, 0.25) is 0 Å². The molecule has 0 aliphatic rings. The first-order chi connectivity index (χ1) is 14.6. The van der Waals surface area contributed by atoms with Gasteiger partial charge in [0, 0.05) is 27.9 Å². The van der Waals surface area contributed by atoms with Gasteiger partial charge in [0.25, 0.3) is 5.91 Å². The lowest BCUT2D eigenvalue weighted by atomic mass is 10.1. The predicted molar refractivity (Wildman–Crippen MR) is 120 cm³/mol. The molecule has 0 atom stereocenters. The van der Waals surface area contributed by atoms with Crippen molar-refractivity contribution in [1.82, 2.24) is 15.2 Å². The van der Waals surface area contributed by atoms with E-state index in [0.29, 0.717) is 10.6 Å². The van der Waals surface area contributed by atoms with Crippen molar-refractivity contribution in [2.24, 2.45) is 5.10 Å². The van der Waals surface area contributed by atoms with Crippen LogP contribution < -0.4 is 5.43 Å². The normalized spacial score (nSPS) is 11.0. The molecule has 1 heterocycles. The molecule has 0 unspecified atom stereocenters. The first-order valence-corrected chi connectivity index (χ1v) is 9.79. The largest absolute Gasteiger partial charge is 0.271 e. The van der Waals surface area contributed by atoms with Gasteiger partial charge in [-0.1, -0.05) is 59.6 Å². The van der Waals surface area contributed by atoms with Crippen LogP contribution in [0, 0.1) is 6.92 Å². The van der Waals surface area contributed by atoms with E-state index < -0.39 is 0 Å². The van der Waals surface area contributed by atoms with E-state index >= 15 is 0 Å². The molecule has 0 radical (unpaired) electrons. The van der Waals surface area contributed by atoms with Crippen molar-refractivity contribution in [3.05, 3.63) is 107 Å². The van der Waals surface area contributed by atoms with Crippen LogP contribution in [0.15, 0.2) is 90.2 Å². The average Bonchev–Trinajstić information content (AvgIpc) is 3.19. The Kier molecular flexibility index (Phi) is 5.72. The maximum Gasteiger partial charge on any atom is 0.271 e. The number of nitrogens with one attached hydrogen (secondary N) is 1. The summed E-state index contributed by atoms with van der Waals surface area (Å²) in [5, 5.41) is 9.46. The van der Waals surface area contributed by atoms with Crippen molar-refractivity contribution in [1.29, 1.82) is 0 Å². The zero-order valence-electron chi connectivity index (χ0n) is 16.3. The van der Waals surface area contributed by atoms with Crippen molar-refractivity contribution in [2.75, 3.05) is 0 Å². The Hall–Kier alpha value is -3.70. The zero-order valence-corrected chi connectivity index (χ0v) is 17.0. The van der Waals surface area contributed by atoms with Gasteiger partial charge in [-0.2, -0.15) is 10.2 Å². The Morgan fingerprint density at radius 2 is 1.70 bits per heavy atom. The summed E-state index contributed by atoms with van der Waals surface area (Å²) < 4.78 is 1.80. The standard InChI is InChI=1S/C24H19ClN4O/c1-17-7-9-18(10-8-17)23-20(16-29(28-23)22-5-3-2-4-6-22)15-26-27-24(30)19-11-13-21(25)14-12-19/h2-16H,1H3,(H,27,30). The molecule has 3 aromatic carbocycles. The summed E-state index contributed by atoms with van der Waals surface area (Å²) in [4.78, 5) is 12.3. The van der Waals surface area contributed by atoms with Crippen LogP contribution in [0.4, 0.5) is 0 Å². The third-order valence-electron chi connectivity index (χ3n) is 4.56. The molecule has 1 N–H and O–H groups in total. The number of para-hydroxylation sites is 1. The molecule has 0 aliphatic heterocycles. The van der Waals surface area contributed by atoms with Crippen molar-refractivity contribution in [2.45, 2.75) is 6.92 Å². The molecule has 0 bridgehead atoms. The first-order valence-electron chi connectivity index (χ1n) is 9.41. The fourth-order valence-corrected chi connectivity index (χ4v) is 3.08. The lowest BCUT2D eigenvalue weighted by Gasteiger charge is -2.01. The van der Waals surface area contributed by atoms with E-state index in [0.717, 1.165) is 22.5 Å². The molecule has 30 heavy (non-hydrogen) atoms. The second kappa shape index (κ2) is 8.76. The molecule has 0 fully saturated rings. The first kappa shape index (κ1) is 19.6. The minimum absolute atomic E-state index is 0.310. The van der Waals surface area contributed by atoms with Crippen molar-refractivity contribution in [3.8, 4) is 16.9 Å². The summed E-state index contributed by atoms with van der Waals surface area (Å²) in [6.45, 7) is 2.04. The maximum absolute atomic E-state index is 12.3. The van der Waals surface area contributed by atoms with E-state index in [9.17, 15) is 4.79 Å². The number of amides is 1. The van der Waals surface area contributed by atoms with Gasteiger partial charge in [0.15, 0.2) is 0 Å². The SMILES string of the molecule is Cc1ccc(-c2nn(-c3ccccc3)cc2C=NNC(=O)c2ccc(Cl)cc2)cc1. The minimum Gasteiger partial charge on any atom is -0.267 e. The highest BCUT2D eigenvalue weighted by Crippen LogP contribution is 2.23. The van der Waals surface area contributed by atoms with Gasteiger partial charge in [-0.3, -0.25) is 4.79 Å². The fourth-order valence-electron chi connectivity index (χ4n) is 2.96. The monoisotopic (exact) mass is 414 g/mol. The van der Waals surface area contributed by atoms with Gasteiger partial charge in [0.05, 0.1) is 11.9 Å². The molecule has 4 rings (SSSR count). The number of rotatable bonds is 5. The van der Waals surface area contributed by atoms with E-state index in [1.807, 2.05) is 67.7 Å². The van der Waals surface area contributed by atoms with E-state index in [-0.39, 0.29) is 5.91 Å². The Balaban J connectivity index is 1.63. The van der Waals surface area contributed by atoms with Gasteiger partial charge >= 0.3 is 0 Å². The topological polar surface area (TPSA) is 59.3 Å². The molecule has 0 aliphatic carbocycles. The van der Waals surface area contributed by atoms with Crippen LogP contribution in [0.5, 0.6) is 0 Å². The summed E-state index contributed by atoms with van der Waals surface area (Å²) in [5.74, 6) is -0.310. The Labute approximate surface area is 179 Å². The molecule has 1 amide bonds. The van der Waals surface area contributed by atoms with Crippen molar-refractivity contribution < 1.29 is 4.79 Å². The number of carbonyl (C=O) groups excluding carboxylic acids is 1. The molecule has 5 nitrogen and oxygen atoms in total. The van der Waals surface area contributed by atoms with Crippen LogP contribution in [0.25, 0.3) is 16.9 Å². The second-order valence-corrected chi connectivity index (χ2v) is 7.22. The van der Waals surface area contributed by atoms with Gasteiger partial charge < -0.3 is 0 Å². The molecular formula is C24H19ClN4O. The number of halogens is 1. The van der Waals surface area contributed by atoms with Crippen LogP contribution in [0.1, 0.15) is 21.5 Å². The molecule has 148 valence electrons. The average molecular weight is 415 g/mol.